The summed E-state index contributed by atoms with van der Waals surface area (Å²) < 4.78 is 26.1. The third-order valence-corrected chi connectivity index (χ3v) is 4.64. The van der Waals surface area contributed by atoms with Crippen molar-refractivity contribution < 1.29 is 8.42 Å². The number of aryl methyl sites for hydroxylation is 1. The summed E-state index contributed by atoms with van der Waals surface area (Å²) in [6.07, 6.45) is 2.58. The van der Waals surface area contributed by atoms with Crippen LogP contribution < -0.4 is 0 Å². The molecule has 0 fully saturated rings. The predicted molar refractivity (Wildman–Crippen MR) is 74.1 cm³/mol. The fourth-order valence-corrected chi connectivity index (χ4v) is 3.14. The molecule has 0 saturated carbocycles. The van der Waals surface area contributed by atoms with E-state index in [-0.39, 0.29) is 15.8 Å². The van der Waals surface area contributed by atoms with Gasteiger partial charge in [0, 0.05) is 0 Å². The average Bonchev–Trinajstić information content (AvgIpc) is 2.82. The number of halogens is 1. The maximum atomic E-state index is 12.6. The van der Waals surface area contributed by atoms with Gasteiger partial charge in [-0.1, -0.05) is 17.7 Å². The Morgan fingerprint density at radius 3 is 2.55 bits per heavy atom. The maximum Gasteiger partial charge on any atom is 0.270 e. The van der Waals surface area contributed by atoms with Crippen LogP contribution in [0.1, 0.15) is 5.56 Å². The van der Waals surface area contributed by atoms with Crippen LogP contribution in [0.2, 0.25) is 5.28 Å². The van der Waals surface area contributed by atoms with Gasteiger partial charge < -0.3 is 0 Å². The zero-order valence-corrected chi connectivity index (χ0v) is 11.9. The van der Waals surface area contributed by atoms with Gasteiger partial charge in [0.2, 0.25) is 5.28 Å². The van der Waals surface area contributed by atoms with Crippen molar-refractivity contribution in [3.8, 4) is 0 Å². The molecule has 3 rings (SSSR count). The van der Waals surface area contributed by atoms with Gasteiger partial charge in [0.25, 0.3) is 10.0 Å². The lowest BCUT2D eigenvalue weighted by atomic mass is 10.2. The Morgan fingerprint density at radius 2 is 1.85 bits per heavy atom. The minimum absolute atomic E-state index is 0.0293. The SMILES string of the molecule is Cc1ccc(S(=O)(=O)n2cnc3cnc(Cl)nc32)cc1. The van der Waals surface area contributed by atoms with E-state index < -0.39 is 10.0 Å². The second kappa shape index (κ2) is 4.53. The molecule has 0 saturated heterocycles. The Bertz CT molecular complexity index is 887. The number of aromatic nitrogens is 4. The highest BCUT2D eigenvalue weighted by Crippen LogP contribution is 2.19. The van der Waals surface area contributed by atoms with Crippen LogP contribution in [0, 0.1) is 6.92 Å². The van der Waals surface area contributed by atoms with Gasteiger partial charge in [-0.25, -0.2) is 22.4 Å². The zero-order valence-electron chi connectivity index (χ0n) is 10.4. The molecule has 6 nitrogen and oxygen atoms in total. The van der Waals surface area contributed by atoms with Crippen LogP contribution in [0.4, 0.5) is 0 Å². The first-order chi connectivity index (χ1) is 9.48. The number of benzene rings is 1. The molecule has 0 atom stereocenters. The minimum atomic E-state index is -3.75. The van der Waals surface area contributed by atoms with E-state index in [0.29, 0.717) is 5.52 Å². The minimum Gasteiger partial charge on any atom is -0.232 e. The summed E-state index contributed by atoms with van der Waals surface area (Å²) in [6, 6.07) is 6.54. The molecule has 20 heavy (non-hydrogen) atoms. The lowest BCUT2D eigenvalue weighted by molar-refractivity contribution is 0.588. The van der Waals surface area contributed by atoms with Gasteiger partial charge in [-0.15, -0.1) is 0 Å². The van der Waals surface area contributed by atoms with E-state index in [9.17, 15) is 8.42 Å². The van der Waals surface area contributed by atoms with Crippen molar-refractivity contribution in [2.75, 3.05) is 0 Å². The molecule has 0 N–H and O–H groups in total. The molecule has 8 heteroatoms. The molecule has 2 aromatic heterocycles. The van der Waals surface area contributed by atoms with E-state index in [1.165, 1.54) is 12.5 Å². The monoisotopic (exact) mass is 308 g/mol. The van der Waals surface area contributed by atoms with Crippen LogP contribution in [0.5, 0.6) is 0 Å². The van der Waals surface area contributed by atoms with Crippen molar-refractivity contribution in [1.82, 2.24) is 18.9 Å². The van der Waals surface area contributed by atoms with Gasteiger partial charge >= 0.3 is 0 Å². The van der Waals surface area contributed by atoms with Crippen molar-refractivity contribution in [3.63, 3.8) is 0 Å². The van der Waals surface area contributed by atoms with Gasteiger partial charge in [-0.2, -0.15) is 4.98 Å². The third-order valence-electron chi connectivity index (χ3n) is 2.81. The van der Waals surface area contributed by atoms with Gasteiger partial charge in [0.1, 0.15) is 11.8 Å². The number of hydrogen-bond donors (Lipinski definition) is 0. The molecule has 0 aliphatic carbocycles. The van der Waals surface area contributed by atoms with Gasteiger partial charge in [-0.05, 0) is 30.7 Å². The van der Waals surface area contributed by atoms with E-state index in [1.807, 2.05) is 6.92 Å². The first-order valence-electron chi connectivity index (χ1n) is 5.66. The first kappa shape index (κ1) is 13.0. The van der Waals surface area contributed by atoms with E-state index in [4.69, 9.17) is 11.6 Å². The zero-order chi connectivity index (χ0) is 14.3. The molecular weight excluding hydrogens is 300 g/mol. The largest absolute Gasteiger partial charge is 0.270 e. The number of hydrogen-bond acceptors (Lipinski definition) is 5. The van der Waals surface area contributed by atoms with Crippen molar-refractivity contribution in [2.45, 2.75) is 11.8 Å². The maximum absolute atomic E-state index is 12.6. The normalized spacial score (nSPS) is 11.9. The first-order valence-corrected chi connectivity index (χ1v) is 7.48. The van der Waals surface area contributed by atoms with E-state index in [0.717, 1.165) is 9.54 Å². The molecule has 2 heterocycles. The Balaban J connectivity index is 2.23. The summed E-state index contributed by atoms with van der Waals surface area (Å²) in [5, 5.41) is -0.0293. The standard InChI is InChI=1S/C12H9ClN4O2S/c1-8-2-4-9(5-3-8)20(18,19)17-7-15-10-6-14-12(13)16-11(10)17/h2-7H,1H3. The molecule has 0 bridgehead atoms. The van der Waals surface area contributed by atoms with E-state index in [1.54, 1.807) is 24.3 Å². The summed E-state index contributed by atoms with van der Waals surface area (Å²) in [4.78, 5) is 11.8. The summed E-state index contributed by atoms with van der Waals surface area (Å²) >= 11 is 5.71. The lowest BCUT2D eigenvalue weighted by Gasteiger charge is -2.06. The van der Waals surface area contributed by atoms with Crippen LogP contribution in [-0.2, 0) is 10.0 Å². The molecule has 0 spiro atoms. The van der Waals surface area contributed by atoms with Crippen LogP contribution in [0.3, 0.4) is 0 Å². The van der Waals surface area contributed by atoms with Gasteiger partial charge in [0.05, 0.1) is 11.1 Å². The quantitative estimate of drug-likeness (QED) is 0.677. The van der Waals surface area contributed by atoms with E-state index in [2.05, 4.69) is 15.0 Å². The molecule has 0 unspecified atom stereocenters. The smallest absolute Gasteiger partial charge is 0.232 e. The Kier molecular flexibility index (Phi) is 2.95. The second-order valence-electron chi connectivity index (χ2n) is 4.21. The predicted octanol–water partition coefficient (Wildman–Crippen LogP) is 2.03. The molecule has 102 valence electrons. The highest BCUT2D eigenvalue weighted by Gasteiger charge is 2.20. The third kappa shape index (κ3) is 2.04. The topological polar surface area (TPSA) is 77.7 Å². The number of imidazole rings is 1. The number of fused-ring (bicyclic) bond motifs is 1. The fourth-order valence-electron chi connectivity index (χ4n) is 1.77. The summed E-state index contributed by atoms with van der Waals surface area (Å²) in [6.45, 7) is 1.88. The summed E-state index contributed by atoms with van der Waals surface area (Å²) in [5.74, 6) is 0. The fraction of sp³-hybridized carbons (Fsp3) is 0.0833. The number of rotatable bonds is 2. The second-order valence-corrected chi connectivity index (χ2v) is 6.36. The average molecular weight is 309 g/mol. The van der Waals surface area contributed by atoms with Crippen molar-refractivity contribution in [3.05, 3.63) is 47.6 Å². The highest BCUT2D eigenvalue weighted by atomic mass is 35.5. The number of nitrogens with zero attached hydrogens (tertiary/aromatic N) is 4. The van der Waals surface area contributed by atoms with Crippen LogP contribution in [-0.4, -0.2) is 27.3 Å². The van der Waals surface area contributed by atoms with Crippen LogP contribution >= 0.6 is 11.6 Å². The molecule has 0 radical (unpaired) electrons. The molecule has 0 aliphatic heterocycles. The van der Waals surface area contributed by atoms with Crippen LogP contribution in [0.15, 0.2) is 41.7 Å². The van der Waals surface area contributed by atoms with Gasteiger partial charge in [-0.3, -0.25) is 0 Å². The van der Waals surface area contributed by atoms with E-state index >= 15 is 0 Å². The Hall–Kier alpha value is -1.99. The molecule has 1 aromatic carbocycles. The molecule has 0 amide bonds. The lowest BCUT2D eigenvalue weighted by Crippen LogP contribution is -2.12. The summed E-state index contributed by atoms with van der Waals surface area (Å²) in [5.41, 5.74) is 1.50. The van der Waals surface area contributed by atoms with Crippen LogP contribution in [0.25, 0.3) is 11.2 Å². The Labute approximate surface area is 120 Å². The van der Waals surface area contributed by atoms with Crippen molar-refractivity contribution in [2.24, 2.45) is 0 Å². The van der Waals surface area contributed by atoms with Crippen molar-refractivity contribution >= 4 is 32.8 Å². The highest BCUT2D eigenvalue weighted by molar-refractivity contribution is 7.90. The summed E-state index contributed by atoms with van der Waals surface area (Å²) in [7, 11) is -3.75. The van der Waals surface area contributed by atoms with Crippen molar-refractivity contribution in [1.29, 1.82) is 0 Å². The molecule has 0 aliphatic rings. The Morgan fingerprint density at radius 1 is 1.15 bits per heavy atom. The molecular formula is C12H9ClN4O2S. The molecule has 3 aromatic rings. The van der Waals surface area contributed by atoms with Gasteiger partial charge in [0.15, 0.2) is 5.65 Å².